The lowest BCUT2D eigenvalue weighted by molar-refractivity contribution is -0.193. The van der Waals surface area contributed by atoms with E-state index >= 15 is 0 Å². The standard InChI is InChI=1S/C6H14O2/c1-5-8-6(2,3)7-4/h5H2,1-4H3. The molecule has 0 unspecified atom stereocenters. The minimum Gasteiger partial charge on any atom is -0.354 e. The van der Waals surface area contributed by atoms with Crippen molar-refractivity contribution in [2.75, 3.05) is 13.7 Å². The molecule has 0 heterocycles. The lowest BCUT2D eigenvalue weighted by Crippen LogP contribution is -2.26. The third-order valence-electron chi connectivity index (χ3n) is 0.984. The fraction of sp³-hybridized carbons (Fsp3) is 1.00. The Morgan fingerprint density at radius 1 is 1.38 bits per heavy atom. The van der Waals surface area contributed by atoms with E-state index in [1.165, 1.54) is 0 Å². The summed E-state index contributed by atoms with van der Waals surface area (Å²) in [6, 6.07) is 0. The average Bonchev–Trinajstić information content (AvgIpc) is 1.67. The predicted octanol–water partition coefficient (Wildman–Crippen LogP) is 1.41. The van der Waals surface area contributed by atoms with Crippen LogP contribution in [0.1, 0.15) is 20.8 Å². The molecule has 0 radical (unpaired) electrons. The van der Waals surface area contributed by atoms with E-state index in [1.54, 1.807) is 7.11 Å². The maximum Gasteiger partial charge on any atom is 0.162 e. The third kappa shape index (κ3) is 2.99. The lowest BCUT2D eigenvalue weighted by Gasteiger charge is -2.21. The fourth-order valence-electron chi connectivity index (χ4n) is 0.407. The van der Waals surface area contributed by atoms with Crippen LogP contribution < -0.4 is 0 Å². The quantitative estimate of drug-likeness (QED) is 0.521. The van der Waals surface area contributed by atoms with E-state index in [0.29, 0.717) is 6.61 Å². The summed E-state index contributed by atoms with van der Waals surface area (Å²) >= 11 is 0. The summed E-state index contributed by atoms with van der Waals surface area (Å²) in [7, 11) is 1.63. The van der Waals surface area contributed by atoms with E-state index < -0.39 is 5.79 Å². The molecule has 0 amide bonds. The van der Waals surface area contributed by atoms with Gasteiger partial charge in [0, 0.05) is 13.7 Å². The third-order valence-corrected chi connectivity index (χ3v) is 0.984. The van der Waals surface area contributed by atoms with Crippen LogP contribution in [0.15, 0.2) is 0 Å². The summed E-state index contributed by atoms with van der Waals surface area (Å²) in [5.74, 6) is -0.408. The van der Waals surface area contributed by atoms with Gasteiger partial charge in [0.25, 0.3) is 0 Å². The van der Waals surface area contributed by atoms with Crippen molar-refractivity contribution in [3.63, 3.8) is 0 Å². The predicted molar refractivity (Wildman–Crippen MR) is 32.7 cm³/mol. The summed E-state index contributed by atoms with van der Waals surface area (Å²) in [6.07, 6.45) is 0. The monoisotopic (exact) mass is 118 g/mol. The second kappa shape index (κ2) is 3.05. The van der Waals surface area contributed by atoms with Crippen molar-refractivity contribution in [2.45, 2.75) is 26.6 Å². The number of hydrogen-bond acceptors (Lipinski definition) is 2. The molecule has 2 heteroatoms. The smallest absolute Gasteiger partial charge is 0.162 e. The van der Waals surface area contributed by atoms with Gasteiger partial charge in [-0.05, 0) is 20.8 Å². The van der Waals surface area contributed by atoms with Crippen LogP contribution in [-0.4, -0.2) is 19.5 Å². The molecule has 0 aromatic heterocycles. The molecular formula is C6H14O2. The van der Waals surface area contributed by atoms with E-state index in [1.807, 2.05) is 20.8 Å². The van der Waals surface area contributed by atoms with Crippen molar-refractivity contribution in [1.82, 2.24) is 0 Å². The second-order valence-corrected chi connectivity index (χ2v) is 2.04. The Morgan fingerprint density at radius 3 is 2.00 bits per heavy atom. The number of hydrogen-bond donors (Lipinski definition) is 0. The van der Waals surface area contributed by atoms with Crippen molar-refractivity contribution >= 4 is 0 Å². The van der Waals surface area contributed by atoms with E-state index in [9.17, 15) is 0 Å². The van der Waals surface area contributed by atoms with Crippen LogP contribution in [0.5, 0.6) is 0 Å². The first-order valence-corrected chi connectivity index (χ1v) is 2.81. The van der Waals surface area contributed by atoms with E-state index in [2.05, 4.69) is 0 Å². The van der Waals surface area contributed by atoms with Gasteiger partial charge in [0.15, 0.2) is 5.79 Å². The zero-order chi connectivity index (χ0) is 6.62. The Morgan fingerprint density at radius 2 is 1.88 bits per heavy atom. The highest BCUT2D eigenvalue weighted by Gasteiger charge is 2.13. The van der Waals surface area contributed by atoms with Gasteiger partial charge in [-0.25, -0.2) is 0 Å². The first kappa shape index (κ1) is 7.92. The topological polar surface area (TPSA) is 18.5 Å². The summed E-state index contributed by atoms with van der Waals surface area (Å²) in [5.41, 5.74) is 0. The molecule has 0 aliphatic carbocycles. The number of ether oxygens (including phenoxy) is 2. The zero-order valence-corrected chi connectivity index (χ0v) is 6.02. The van der Waals surface area contributed by atoms with Crippen LogP contribution in [0.3, 0.4) is 0 Å². The number of methoxy groups -OCH3 is 1. The highest BCUT2D eigenvalue weighted by Crippen LogP contribution is 2.07. The Kier molecular flexibility index (Phi) is 3.02. The Labute approximate surface area is 50.8 Å². The van der Waals surface area contributed by atoms with E-state index in [0.717, 1.165) is 0 Å². The Balaban J connectivity index is 3.37. The molecule has 0 spiro atoms. The Hall–Kier alpha value is -0.0800. The van der Waals surface area contributed by atoms with Crippen molar-refractivity contribution in [1.29, 1.82) is 0 Å². The summed E-state index contributed by atoms with van der Waals surface area (Å²) in [5, 5.41) is 0. The SMILES string of the molecule is CCOC(C)(C)OC. The van der Waals surface area contributed by atoms with Gasteiger partial charge >= 0.3 is 0 Å². The van der Waals surface area contributed by atoms with Crippen molar-refractivity contribution in [2.24, 2.45) is 0 Å². The van der Waals surface area contributed by atoms with E-state index in [-0.39, 0.29) is 0 Å². The molecular weight excluding hydrogens is 104 g/mol. The van der Waals surface area contributed by atoms with Crippen LogP contribution in [0.25, 0.3) is 0 Å². The van der Waals surface area contributed by atoms with Gasteiger partial charge in [-0.2, -0.15) is 0 Å². The summed E-state index contributed by atoms with van der Waals surface area (Å²) < 4.78 is 10.1. The van der Waals surface area contributed by atoms with Crippen molar-refractivity contribution in [3.05, 3.63) is 0 Å². The number of rotatable bonds is 3. The molecule has 0 saturated carbocycles. The second-order valence-electron chi connectivity index (χ2n) is 2.04. The van der Waals surface area contributed by atoms with Gasteiger partial charge < -0.3 is 9.47 Å². The largest absolute Gasteiger partial charge is 0.354 e. The van der Waals surface area contributed by atoms with Gasteiger partial charge in [-0.3, -0.25) is 0 Å². The van der Waals surface area contributed by atoms with E-state index in [4.69, 9.17) is 9.47 Å². The van der Waals surface area contributed by atoms with Gasteiger partial charge in [0.1, 0.15) is 0 Å². The maximum absolute atomic E-state index is 5.16. The molecule has 50 valence electrons. The average molecular weight is 118 g/mol. The van der Waals surface area contributed by atoms with Crippen LogP contribution in [0.4, 0.5) is 0 Å². The fourth-order valence-corrected chi connectivity index (χ4v) is 0.407. The molecule has 0 fully saturated rings. The van der Waals surface area contributed by atoms with Gasteiger partial charge in [0.2, 0.25) is 0 Å². The molecule has 8 heavy (non-hydrogen) atoms. The summed E-state index contributed by atoms with van der Waals surface area (Å²) in [4.78, 5) is 0. The van der Waals surface area contributed by atoms with Crippen LogP contribution in [-0.2, 0) is 9.47 Å². The molecule has 0 rings (SSSR count). The minimum atomic E-state index is -0.408. The molecule has 0 N–H and O–H groups in total. The molecule has 0 aliphatic rings. The molecule has 0 saturated heterocycles. The van der Waals surface area contributed by atoms with Crippen LogP contribution in [0, 0.1) is 0 Å². The van der Waals surface area contributed by atoms with Gasteiger partial charge in [-0.1, -0.05) is 0 Å². The zero-order valence-electron chi connectivity index (χ0n) is 6.02. The van der Waals surface area contributed by atoms with Crippen LogP contribution >= 0.6 is 0 Å². The van der Waals surface area contributed by atoms with Gasteiger partial charge in [0.05, 0.1) is 0 Å². The first-order valence-electron chi connectivity index (χ1n) is 2.81. The molecule has 0 aromatic rings. The molecule has 0 bridgehead atoms. The summed E-state index contributed by atoms with van der Waals surface area (Å²) in [6.45, 7) is 6.41. The van der Waals surface area contributed by atoms with Crippen molar-refractivity contribution < 1.29 is 9.47 Å². The minimum absolute atomic E-state index is 0.408. The highest BCUT2D eigenvalue weighted by atomic mass is 16.7. The van der Waals surface area contributed by atoms with Crippen molar-refractivity contribution in [3.8, 4) is 0 Å². The highest BCUT2D eigenvalue weighted by molar-refractivity contribution is 4.49. The molecule has 0 aliphatic heterocycles. The van der Waals surface area contributed by atoms with Gasteiger partial charge in [-0.15, -0.1) is 0 Å². The normalized spacial score (nSPS) is 12.0. The molecule has 0 atom stereocenters. The van der Waals surface area contributed by atoms with Crippen LogP contribution in [0.2, 0.25) is 0 Å². The maximum atomic E-state index is 5.16. The molecule has 0 aromatic carbocycles. The Bertz CT molecular complexity index is 59.5. The molecule has 2 nitrogen and oxygen atoms in total. The lowest BCUT2D eigenvalue weighted by atomic mass is 10.4. The first-order chi connectivity index (χ1) is 3.62.